The summed E-state index contributed by atoms with van der Waals surface area (Å²) in [7, 11) is 0. The predicted molar refractivity (Wildman–Crippen MR) is 103 cm³/mol. The van der Waals surface area contributed by atoms with Gasteiger partial charge in [0.25, 0.3) is 0 Å². The Morgan fingerprint density at radius 2 is 1.77 bits per heavy atom. The summed E-state index contributed by atoms with van der Waals surface area (Å²) in [5.74, 6) is -0.00872. The van der Waals surface area contributed by atoms with E-state index in [0.29, 0.717) is 25.9 Å². The second kappa shape index (κ2) is 7.73. The molecule has 0 spiro atoms. The van der Waals surface area contributed by atoms with E-state index in [1.54, 1.807) is 4.90 Å². The van der Waals surface area contributed by atoms with Crippen LogP contribution in [0.2, 0.25) is 0 Å². The molecule has 1 atom stereocenters. The summed E-state index contributed by atoms with van der Waals surface area (Å²) < 4.78 is 0. The van der Waals surface area contributed by atoms with Gasteiger partial charge in [-0.1, -0.05) is 60.2 Å². The van der Waals surface area contributed by atoms with Gasteiger partial charge in [-0.3, -0.25) is 9.59 Å². The molecule has 1 N–H and O–H groups in total. The van der Waals surface area contributed by atoms with Crippen LogP contribution in [-0.2, 0) is 22.6 Å². The molecule has 1 aliphatic heterocycles. The molecule has 0 aromatic heterocycles. The van der Waals surface area contributed by atoms with Gasteiger partial charge in [0.05, 0.1) is 0 Å². The lowest BCUT2D eigenvalue weighted by Gasteiger charge is -2.34. The first-order chi connectivity index (χ1) is 12.5. The van der Waals surface area contributed by atoms with Crippen molar-refractivity contribution < 1.29 is 9.59 Å². The summed E-state index contributed by atoms with van der Waals surface area (Å²) in [5, 5.41) is 3.00. The van der Waals surface area contributed by atoms with Gasteiger partial charge in [0.15, 0.2) is 0 Å². The molecule has 136 valence electrons. The average Bonchev–Trinajstić information content (AvgIpc) is 2.95. The summed E-state index contributed by atoms with van der Waals surface area (Å²) in [6.45, 7) is 4.99. The lowest BCUT2D eigenvalue weighted by molar-refractivity contribution is -0.140. The van der Waals surface area contributed by atoms with Crippen molar-refractivity contribution in [3.05, 3.63) is 71.3 Å². The van der Waals surface area contributed by atoms with Gasteiger partial charge < -0.3 is 10.2 Å². The van der Waals surface area contributed by atoms with E-state index in [4.69, 9.17) is 0 Å². The minimum absolute atomic E-state index is 0.0643. The summed E-state index contributed by atoms with van der Waals surface area (Å²) in [5.41, 5.74) is 2.69. The van der Waals surface area contributed by atoms with Crippen LogP contribution in [0.25, 0.3) is 0 Å². The molecule has 0 radical (unpaired) electrons. The molecule has 0 aliphatic carbocycles. The number of carbonyl (C=O) groups excluding carboxylic acids is 2. The molecule has 1 saturated heterocycles. The molecule has 26 heavy (non-hydrogen) atoms. The maximum Gasteiger partial charge on any atom is 0.245 e. The lowest BCUT2D eigenvalue weighted by Crippen LogP contribution is -2.54. The second-order valence-electron chi connectivity index (χ2n) is 7.22. The molecule has 2 aromatic rings. The molecule has 1 unspecified atom stereocenters. The highest BCUT2D eigenvalue weighted by Gasteiger charge is 2.46. The summed E-state index contributed by atoms with van der Waals surface area (Å²) in [6.07, 6.45) is 1.76. The first kappa shape index (κ1) is 18.2. The summed E-state index contributed by atoms with van der Waals surface area (Å²) >= 11 is 0. The second-order valence-corrected chi connectivity index (χ2v) is 7.22. The number of rotatable bonds is 6. The third-order valence-corrected chi connectivity index (χ3v) is 5.25. The van der Waals surface area contributed by atoms with Gasteiger partial charge in [0.2, 0.25) is 11.8 Å². The number of carbonyl (C=O) groups is 2. The first-order valence-electron chi connectivity index (χ1n) is 9.17. The van der Waals surface area contributed by atoms with Crippen molar-refractivity contribution in [2.75, 3.05) is 6.54 Å². The Kier molecular flexibility index (Phi) is 5.40. The number of benzene rings is 2. The molecule has 2 amide bonds. The Hall–Kier alpha value is -2.62. The number of hydrogen-bond donors (Lipinski definition) is 1. The average molecular weight is 350 g/mol. The van der Waals surface area contributed by atoms with E-state index >= 15 is 0 Å². The Labute approximate surface area is 155 Å². The van der Waals surface area contributed by atoms with E-state index < -0.39 is 5.54 Å². The quantitative estimate of drug-likeness (QED) is 0.869. The van der Waals surface area contributed by atoms with Crippen molar-refractivity contribution in [3.8, 4) is 0 Å². The fraction of sp³-hybridized carbons (Fsp3) is 0.364. The van der Waals surface area contributed by atoms with Crippen LogP contribution in [0, 0.1) is 6.92 Å². The number of likely N-dealkylation sites (tertiary alicyclic amines) is 1. The molecule has 0 bridgehead atoms. The molecule has 4 nitrogen and oxygen atoms in total. The normalized spacial score (nSPS) is 19.6. The third-order valence-electron chi connectivity index (χ3n) is 5.25. The van der Waals surface area contributed by atoms with Crippen molar-refractivity contribution in [2.45, 2.75) is 45.2 Å². The van der Waals surface area contributed by atoms with Gasteiger partial charge in [0.1, 0.15) is 5.54 Å². The molecule has 4 heteroatoms. The van der Waals surface area contributed by atoms with Gasteiger partial charge >= 0.3 is 0 Å². The third kappa shape index (κ3) is 3.96. The lowest BCUT2D eigenvalue weighted by atomic mass is 9.97. The number of hydrogen-bond acceptors (Lipinski definition) is 2. The molecule has 0 saturated carbocycles. The molecule has 1 heterocycles. The van der Waals surface area contributed by atoms with Gasteiger partial charge in [-0.15, -0.1) is 0 Å². The van der Waals surface area contributed by atoms with E-state index in [1.165, 1.54) is 11.1 Å². The van der Waals surface area contributed by atoms with Crippen molar-refractivity contribution in [1.82, 2.24) is 10.2 Å². The van der Waals surface area contributed by atoms with Crippen LogP contribution in [0.5, 0.6) is 0 Å². The number of nitrogens with zero attached hydrogens (tertiary/aromatic N) is 1. The van der Waals surface area contributed by atoms with E-state index in [0.717, 1.165) is 12.0 Å². The van der Waals surface area contributed by atoms with E-state index in [9.17, 15) is 9.59 Å². The largest absolute Gasteiger partial charge is 0.350 e. The van der Waals surface area contributed by atoms with Crippen LogP contribution in [0.3, 0.4) is 0 Å². The molecule has 1 fully saturated rings. The predicted octanol–water partition coefficient (Wildman–Crippen LogP) is 3.24. The minimum atomic E-state index is -0.767. The van der Waals surface area contributed by atoms with Crippen LogP contribution in [0.1, 0.15) is 36.5 Å². The Morgan fingerprint density at radius 1 is 1.08 bits per heavy atom. The van der Waals surface area contributed by atoms with Crippen LogP contribution in [-0.4, -0.2) is 28.8 Å². The highest BCUT2D eigenvalue weighted by molar-refractivity contribution is 5.94. The minimum Gasteiger partial charge on any atom is -0.350 e. The van der Waals surface area contributed by atoms with Crippen molar-refractivity contribution >= 4 is 11.8 Å². The fourth-order valence-corrected chi connectivity index (χ4v) is 3.47. The SMILES string of the molecule is Cc1ccc(CCN2C(=O)CCC2(C)C(=O)NCc2ccccc2)cc1. The molecule has 3 rings (SSSR count). The molecular weight excluding hydrogens is 324 g/mol. The maximum atomic E-state index is 12.8. The number of nitrogens with one attached hydrogen (secondary N) is 1. The standard InChI is InChI=1S/C22H26N2O2/c1-17-8-10-18(11-9-17)13-15-24-20(25)12-14-22(24,2)21(26)23-16-19-6-4-3-5-7-19/h3-11H,12-16H2,1-2H3,(H,23,26). The van der Waals surface area contributed by atoms with Crippen molar-refractivity contribution in [3.63, 3.8) is 0 Å². The Balaban J connectivity index is 1.64. The van der Waals surface area contributed by atoms with Gasteiger partial charge in [0, 0.05) is 19.5 Å². The first-order valence-corrected chi connectivity index (χ1v) is 9.17. The zero-order valence-electron chi connectivity index (χ0n) is 15.5. The maximum absolute atomic E-state index is 12.8. The summed E-state index contributed by atoms with van der Waals surface area (Å²) in [4.78, 5) is 27.0. The highest BCUT2D eigenvalue weighted by atomic mass is 16.2. The van der Waals surface area contributed by atoms with Crippen molar-refractivity contribution in [2.24, 2.45) is 0 Å². The van der Waals surface area contributed by atoms with Gasteiger partial charge in [-0.05, 0) is 37.8 Å². The Morgan fingerprint density at radius 3 is 2.46 bits per heavy atom. The Bertz CT molecular complexity index is 770. The molecule has 2 aromatic carbocycles. The monoisotopic (exact) mass is 350 g/mol. The number of aryl methyl sites for hydroxylation is 1. The van der Waals surface area contributed by atoms with Crippen LogP contribution in [0.4, 0.5) is 0 Å². The fourth-order valence-electron chi connectivity index (χ4n) is 3.47. The van der Waals surface area contributed by atoms with Crippen molar-refractivity contribution in [1.29, 1.82) is 0 Å². The molecular formula is C22H26N2O2. The zero-order chi connectivity index (χ0) is 18.6. The zero-order valence-corrected chi connectivity index (χ0v) is 15.5. The van der Waals surface area contributed by atoms with E-state index in [-0.39, 0.29) is 11.8 Å². The summed E-state index contributed by atoms with van der Waals surface area (Å²) in [6, 6.07) is 18.2. The molecule has 1 aliphatic rings. The topological polar surface area (TPSA) is 49.4 Å². The van der Waals surface area contributed by atoms with Gasteiger partial charge in [-0.25, -0.2) is 0 Å². The highest BCUT2D eigenvalue weighted by Crippen LogP contribution is 2.30. The van der Waals surface area contributed by atoms with Gasteiger partial charge in [-0.2, -0.15) is 0 Å². The van der Waals surface area contributed by atoms with E-state index in [1.807, 2.05) is 37.3 Å². The van der Waals surface area contributed by atoms with Crippen LogP contribution in [0.15, 0.2) is 54.6 Å². The van der Waals surface area contributed by atoms with Crippen LogP contribution >= 0.6 is 0 Å². The number of amides is 2. The smallest absolute Gasteiger partial charge is 0.245 e. The van der Waals surface area contributed by atoms with E-state index in [2.05, 4.69) is 36.5 Å². The van der Waals surface area contributed by atoms with Crippen LogP contribution < -0.4 is 5.32 Å².